The number of aryl methyl sites for hydroxylation is 1. The number of aromatic nitrogens is 2. The highest BCUT2D eigenvalue weighted by Crippen LogP contribution is 2.28. The first-order chi connectivity index (χ1) is 9.43. The van der Waals surface area contributed by atoms with Crippen LogP contribution < -0.4 is 10.5 Å². The summed E-state index contributed by atoms with van der Waals surface area (Å²) in [6.45, 7) is 1.73. The van der Waals surface area contributed by atoms with Gasteiger partial charge < -0.3 is 15.6 Å². The summed E-state index contributed by atoms with van der Waals surface area (Å²) in [5, 5.41) is 9.09. The summed E-state index contributed by atoms with van der Waals surface area (Å²) in [6, 6.07) is 4.44. The molecule has 0 atom stereocenters. The molecule has 7 heteroatoms. The lowest BCUT2D eigenvalue weighted by Gasteiger charge is -2.10. The number of hydrogen-bond donors (Lipinski definition) is 2. The van der Waals surface area contributed by atoms with E-state index in [0.29, 0.717) is 0 Å². The van der Waals surface area contributed by atoms with Crippen LogP contribution in [0.15, 0.2) is 18.2 Å². The summed E-state index contributed by atoms with van der Waals surface area (Å²) in [5.74, 6) is -2.28. The summed E-state index contributed by atoms with van der Waals surface area (Å²) in [7, 11) is 1.26. The van der Waals surface area contributed by atoms with Crippen molar-refractivity contribution in [3.63, 3.8) is 0 Å². The first-order valence-corrected chi connectivity index (χ1v) is 5.65. The molecule has 104 valence electrons. The lowest BCUT2D eigenvalue weighted by Crippen LogP contribution is -2.10. The Bertz CT molecular complexity index is 689. The van der Waals surface area contributed by atoms with E-state index in [4.69, 9.17) is 15.6 Å². The van der Waals surface area contributed by atoms with Gasteiger partial charge in [0.2, 0.25) is 0 Å². The SMILES string of the molecule is COc1c(N)nc(-c2ccc(C)cc2F)nc1C(=O)O. The first-order valence-electron chi connectivity index (χ1n) is 5.65. The number of nitrogens with zero attached hydrogens (tertiary/aromatic N) is 2. The molecule has 0 aliphatic carbocycles. The van der Waals surface area contributed by atoms with Gasteiger partial charge in [-0.3, -0.25) is 0 Å². The van der Waals surface area contributed by atoms with Crippen molar-refractivity contribution in [3.05, 3.63) is 35.3 Å². The molecule has 0 amide bonds. The Morgan fingerprint density at radius 1 is 1.40 bits per heavy atom. The third kappa shape index (κ3) is 2.37. The third-order valence-corrected chi connectivity index (χ3v) is 2.66. The van der Waals surface area contributed by atoms with Gasteiger partial charge in [-0.05, 0) is 24.6 Å². The van der Waals surface area contributed by atoms with Crippen LogP contribution in [0.1, 0.15) is 16.1 Å². The Balaban J connectivity index is 2.66. The highest BCUT2D eigenvalue weighted by atomic mass is 19.1. The molecule has 20 heavy (non-hydrogen) atoms. The van der Waals surface area contributed by atoms with Gasteiger partial charge in [-0.25, -0.2) is 19.2 Å². The number of carbonyl (C=O) groups is 1. The van der Waals surface area contributed by atoms with Gasteiger partial charge in [0.05, 0.1) is 12.7 Å². The predicted octanol–water partition coefficient (Wildman–Crippen LogP) is 1.88. The molecule has 1 aromatic carbocycles. The monoisotopic (exact) mass is 277 g/mol. The highest BCUT2D eigenvalue weighted by molar-refractivity contribution is 5.91. The number of hydrogen-bond acceptors (Lipinski definition) is 5. The van der Waals surface area contributed by atoms with Crippen molar-refractivity contribution in [2.45, 2.75) is 6.92 Å². The second kappa shape index (κ2) is 5.12. The maximum Gasteiger partial charge on any atom is 0.358 e. The molecule has 1 heterocycles. The average molecular weight is 277 g/mol. The molecule has 3 N–H and O–H groups in total. The zero-order chi connectivity index (χ0) is 14.9. The molecule has 2 aromatic rings. The molecule has 0 saturated carbocycles. The number of benzene rings is 1. The number of rotatable bonds is 3. The number of nitrogens with two attached hydrogens (primary N) is 1. The van der Waals surface area contributed by atoms with Gasteiger partial charge in [0.1, 0.15) is 5.82 Å². The second-order valence-corrected chi connectivity index (χ2v) is 4.10. The van der Waals surface area contributed by atoms with Crippen LogP contribution in [-0.4, -0.2) is 28.2 Å². The van der Waals surface area contributed by atoms with Gasteiger partial charge in [0.25, 0.3) is 0 Å². The first kappa shape index (κ1) is 13.7. The minimum Gasteiger partial charge on any atom is -0.491 e. The van der Waals surface area contributed by atoms with Crippen LogP contribution in [0.4, 0.5) is 10.2 Å². The van der Waals surface area contributed by atoms with Gasteiger partial charge >= 0.3 is 5.97 Å². The van der Waals surface area contributed by atoms with Crippen LogP contribution in [0, 0.1) is 12.7 Å². The van der Waals surface area contributed by atoms with Crippen LogP contribution in [0.3, 0.4) is 0 Å². The molecule has 0 aliphatic heterocycles. The summed E-state index contributed by atoms with van der Waals surface area (Å²) in [5.41, 5.74) is 6.02. The molecule has 1 aromatic heterocycles. The predicted molar refractivity (Wildman–Crippen MR) is 70.1 cm³/mol. The Kier molecular flexibility index (Phi) is 3.51. The molecular weight excluding hydrogens is 265 g/mol. The Morgan fingerprint density at radius 3 is 2.65 bits per heavy atom. The molecule has 0 aliphatic rings. The lowest BCUT2D eigenvalue weighted by molar-refractivity contribution is 0.0686. The summed E-state index contributed by atoms with van der Waals surface area (Å²) in [4.78, 5) is 18.8. The Hall–Kier alpha value is -2.70. The number of aromatic carboxylic acids is 1. The van der Waals surface area contributed by atoms with Crippen molar-refractivity contribution in [2.75, 3.05) is 12.8 Å². The number of ether oxygens (including phenoxy) is 1. The Morgan fingerprint density at radius 2 is 2.10 bits per heavy atom. The highest BCUT2D eigenvalue weighted by Gasteiger charge is 2.20. The molecule has 6 nitrogen and oxygen atoms in total. The minimum atomic E-state index is -1.33. The molecule has 0 fully saturated rings. The largest absolute Gasteiger partial charge is 0.491 e. The zero-order valence-electron chi connectivity index (χ0n) is 10.8. The van der Waals surface area contributed by atoms with E-state index in [2.05, 4.69) is 9.97 Å². The van der Waals surface area contributed by atoms with Gasteiger partial charge in [0, 0.05) is 0 Å². The molecular formula is C13H12FN3O3. The normalized spacial score (nSPS) is 10.3. The van der Waals surface area contributed by atoms with Gasteiger partial charge in [-0.15, -0.1) is 0 Å². The van der Waals surface area contributed by atoms with Gasteiger partial charge in [-0.1, -0.05) is 6.07 Å². The maximum absolute atomic E-state index is 13.9. The molecule has 0 unspecified atom stereocenters. The van der Waals surface area contributed by atoms with E-state index >= 15 is 0 Å². The smallest absolute Gasteiger partial charge is 0.358 e. The van der Waals surface area contributed by atoms with E-state index < -0.39 is 17.5 Å². The Labute approximate surface area is 114 Å². The number of anilines is 1. The van der Waals surface area contributed by atoms with Crippen molar-refractivity contribution in [1.29, 1.82) is 0 Å². The topological polar surface area (TPSA) is 98.3 Å². The van der Waals surface area contributed by atoms with Crippen molar-refractivity contribution in [1.82, 2.24) is 9.97 Å². The van der Waals surface area contributed by atoms with E-state index in [1.54, 1.807) is 13.0 Å². The van der Waals surface area contributed by atoms with E-state index in [0.717, 1.165) is 5.56 Å². The molecule has 0 bridgehead atoms. The number of halogens is 1. The standard InChI is InChI=1S/C13H12FN3O3/c1-6-3-4-7(8(14)5-6)12-16-9(13(18)19)10(20-2)11(15)17-12/h3-5H,1-2H3,(H,18,19)(H2,15,16,17). The van der Waals surface area contributed by atoms with Gasteiger partial charge in [-0.2, -0.15) is 0 Å². The molecule has 2 rings (SSSR count). The second-order valence-electron chi connectivity index (χ2n) is 4.10. The van der Waals surface area contributed by atoms with E-state index in [1.807, 2.05) is 0 Å². The quantitative estimate of drug-likeness (QED) is 0.888. The summed E-state index contributed by atoms with van der Waals surface area (Å²) < 4.78 is 18.7. The fourth-order valence-electron chi connectivity index (χ4n) is 1.74. The summed E-state index contributed by atoms with van der Waals surface area (Å²) in [6.07, 6.45) is 0. The van der Waals surface area contributed by atoms with Crippen molar-refractivity contribution < 1.29 is 19.0 Å². The summed E-state index contributed by atoms with van der Waals surface area (Å²) >= 11 is 0. The number of carboxylic acids is 1. The van der Waals surface area contributed by atoms with Crippen molar-refractivity contribution in [2.24, 2.45) is 0 Å². The minimum absolute atomic E-state index is 0.0763. The zero-order valence-corrected chi connectivity index (χ0v) is 10.8. The fourth-order valence-corrected chi connectivity index (χ4v) is 1.74. The van der Waals surface area contributed by atoms with Crippen molar-refractivity contribution in [3.8, 4) is 17.1 Å². The molecule has 0 radical (unpaired) electrons. The lowest BCUT2D eigenvalue weighted by atomic mass is 10.1. The maximum atomic E-state index is 13.9. The van der Waals surface area contributed by atoms with Crippen LogP contribution in [0.2, 0.25) is 0 Å². The van der Waals surface area contributed by atoms with Gasteiger partial charge in [0.15, 0.2) is 23.1 Å². The third-order valence-electron chi connectivity index (χ3n) is 2.66. The van der Waals surface area contributed by atoms with Crippen molar-refractivity contribution >= 4 is 11.8 Å². The number of methoxy groups -OCH3 is 1. The van der Waals surface area contributed by atoms with Crippen LogP contribution in [-0.2, 0) is 0 Å². The number of nitrogen functional groups attached to an aromatic ring is 1. The van der Waals surface area contributed by atoms with Crippen LogP contribution >= 0.6 is 0 Å². The molecule has 0 saturated heterocycles. The number of carboxylic acid groups (broad SMARTS) is 1. The fraction of sp³-hybridized carbons (Fsp3) is 0.154. The van der Waals surface area contributed by atoms with E-state index in [9.17, 15) is 9.18 Å². The van der Waals surface area contributed by atoms with Crippen LogP contribution in [0.5, 0.6) is 5.75 Å². The van der Waals surface area contributed by atoms with Crippen LogP contribution in [0.25, 0.3) is 11.4 Å². The van der Waals surface area contributed by atoms with E-state index in [1.165, 1.54) is 19.2 Å². The molecule has 0 spiro atoms. The average Bonchev–Trinajstić information content (AvgIpc) is 2.37. The van der Waals surface area contributed by atoms with E-state index in [-0.39, 0.29) is 23.0 Å².